The SMILES string of the molecule is CCn1cc(CN2CCO[C@H](c3cc(CCOc4cccc(Cl)c4)[nH]n3)C2)cn1. The van der Waals surface area contributed by atoms with Gasteiger partial charge in [-0.1, -0.05) is 17.7 Å². The Labute approximate surface area is 175 Å². The maximum absolute atomic E-state index is 5.98. The molecule has 1 saturated heterocycles. The van der Waals surface area contributed by atoms with Crippen LogP contribution in [0.15, 0.2) is 42.7 Å². The molecule has 8 heteroatoms. The Morgan fingerprint density at radius 3 is 3.10 bits per heavy atom. The van der Waals surface area contributed by atoms with Gasteiger partial charge in [-0.15, -0.1) is 0 Å². The minimum absolute atomic E-state index is 0.0242. The van der Waals surface area contributed by atoms with E-state index in [-0.39, 0.29) is 6.10 Å². The van der Waals surface area contributed by atoms with Gasteiger partial charge in [-0.25, -0.2) is 0 Å². The van der Waals surface area contributed by atoms with Crippen molar-refractivity contribution in [3.63, 3.8) is 0 Å². The van der Waals surface area contributed by atoms with Gasteiger partial charge in [0.15, 0.2) is 0 Å². The topological polar surface area (TPSA) is 68.2 Å². The second-order valence-electron chi connectivity index (χ2n) is 7.17. The smallest absolute Gasteiger partial charge is 0.120 e. The van der Waals surface area contributed by atoms with E-state index >= 15 is 0 Å². The minimum atomic E-state index is -0.0242. The summed E-state index contributed by atoms with van der Waals surface area (Å²) in [4.78, 5) is 2.39. The maximum atomic E-state index is 5.98. The van der Waals surface area contributed by atoms with Crippen LogP contribution in [0.3, 0.4) is 0 Å². The van der Waals surface area contributed by atoms with Crippen molar-refractivity contribution in [3.05, 3.63) is 64.7 Å². The molecule has 0 saturated carbocycles. The van der Waals surface area contributed by atoms with Crippen LogP contribution in [0.1, 0.15) is 30.0 Å². The molecule has 1 fully saturated rings. The molecule has 3 aromatic rings. The van der Waals surface area contributed by atoms with Crippen molar-refractivity contribution >= 4 is 11.6 Å². The number of H-pyrrole nitrogens is 1. The largest absolute Gasteiger partial charge is 0.493 e. The fraction of sp³-hybridized carbons (Fsp3) is 0.429. The number of benzene rings is 1. The lowest BCUT2D eigenvalue weighted by Gasteiger charge is -2.31. The molecule has 1 atom stereocenters. The van der Waals surface area contributed by atoms with E-state index in [1.165, 1.54) is 5.56 Å². The highest BCUT2D eigenvalue weighted by Crippen LogP contribution is 2.23. The van der Waals surface area contributed by atoms with E-state index in [0.29, 0.717) is 18.2 Å². The Kier molecular flexibility index (Phi) is 6.49. The zero-order valence-corrected chi connectivity index (χ0v) is 17.3. The van der Waals surface area contributed by atoms with E-state index in [0.717, 1.165) is 49.7 Å². The number of ether oxygens (including phenoxy) is 2. The van der Waals surface area contributed by atoms with Crippen molar-refractivity contribution in [2.75, 3.05) is 26.3 Å². The lowest BCUT2D eigenvalue weighted by Crippen LogP contribution is -2.37. The summed E-state index contributed by atoms with van der Waals surface area (Å²) in [5.41, 5.74) is 3.21. The molecule has 1 aliphatic heterocycles. The number of aryl methyl sites for hydroxylation is 1. The number of aromatic nitrogens is 4. The number of nitrogens with one attached hydrogen (secondary N) is 1. The van der Waals surface area contributed by atoms with E-state index in [1.54, 1.807) is 0 Å². The van der Waals surface area contributed by atoms with E-state index in [1.807, 2.05) is 35.1 Å². The molecule has 7 nitrogen and oxygen atoms in total. The van der Waals surface area contributed by atoms with Crippen molar-refractivity contribution in [1.82, 2.24) is 24.9 Å². The van der Waals surface area contributed by atoms with E-state index in [2.05, 4.69) is 39.4 Å². The van der Waals surface area contributed by atoms with Crippen LogP contribution >= 0.6 is 11.6 Å². The summed E-state index contributed by atoms with van der Waals surface area (Å²) >= 11 is 5.98. The molecule has 1 aliphatic rings. The minimum Gasteiger partial charge on any atom is -0.493 e. The van der Waals surface area contributed by atoms with Crippen molar-refractivity contribution in [1.29, 1.82) is 0 Å². The molecular formula is C21H26ClN5O2. The molecule has 4 rings (SSSR count). The zero-order valence-electron chi connectivity index (χ0n) is 16.6. The average molecular weight is 416 g/mol. The standard InChI is InChI=1S/C21H26ClN5O2/c1-2-27-14-16(12-23-27)13-26-7-9-29-21(15-26)20-11-18(24-25-20)6-8-28-19-5-3-4-17(22)10-19/h3-5,10-12,14,21H,2,6-9,13,15H2,1H3,(H,24,25)/t21-/m0/s1. The highest BCUT2D eigenvalue weighted by atomic mass is 35.5. The summed E-state index contributed by atoms with van der Waals surface area (Å²) in [5, 5.41) is 12.6. The zero-order chi connectivity index (χ0) is 20.1. The number of halogens is 1. The van der Waals surface area contributed by atoms with Crippen LogP contribution in [-0.4, -0.2) is 51.2 Å². The molecule has 2 aromatic heterocycles. The second-order valence-corrected chi connectivity index (χ2v) is 7.61. The molecule has 0 spiro atoms. The van der Waals surface area contributed by atoms with Crippen LogP contribution in [0.5, 0.6) is 5.75 Å². The fourth-order valence-electron chi connectivity index (χ4n) is 3.45. The first-order chi connectivity index (χ1) is 14.2. The third kappa shape index (κ3) is 5.38. The molecule has 0 bridgehead atoms. The van der Waals surface area contributed by atoms with Gasteiger partial charge < -0.3 is 9.47 Å². The highest BCUT2D eigenvalue weighted by molar-refractivity contribution is 6.30. The van der Waals surface area contributed by atoms with Crippen LogP contribution in [0.2, 0.25) is 5.02 Å². The van der Waals surface area contributed by atoms with Gasteiger partial charge in [0.25, 0.3) is 0 Å². The molecule has 1 aromatic carbocycles. The molecular weight excluding hydrogens is 390 g/mol. The Balaban J connectivity index is 1.28. The van der Waals surface area contributed by atoms with Crippen molar-refractivity contribution in [3.8, 4) is 5.75 Å². The predicted molar refractivity (Wildman–Crippen MR) is 111 cm³/mol. The predicted octanol–water partition coefficient (Wildman–Crippen LogP) is 3.47. The van der Waals surface area contributed by atoms with Crippen molar-refractivity contribution in [2.45, 2.75) is 32.5 Å². The number of rotatable bonds is 8. The Hall–Kier alpha value is -2.35. The number of morpholine rings is 1. The van der Waals surface area contributed by atoms with Gasteiger partial charge in [0, 0.05) is 55.1 Å². The van der Waals surface area contributed by atoms with Crippen LogP contribution < -0.4 is 4.74 Å². The normalized spacial score (nSPS) is 17.5. The Morgan fingerprint density at radius 2 is 2.28 bits per heavy atom. The Bertz CT molecular complexity index is 925. The second kappa shape index (κ2) is 9.43. The number of aromatic amines is 1. The summed E-state index contributed by atoms with van der Waals surface area (Å²) < 4.78 is 13.7. The summed E-state index contributed by atoms with van der Waals surface area (Å²) in [7, 11) is 0. The van der Waals surface area contributed by atoms with Crippen LogP contribution in [0, 0.1) is 0 Å². The van der Waals surface area contributed by atoms with Gasteiger partial charge in [0.1, 0.15) is 11.9 Å². The summed E-state index contributed by atoms with van der Waals surface area (Å²) in [5.74, 6) is 0.773. The molecule has 0 radical (unpaired) electrons. The first kappa shape index (κ1) is 19.9. The maximum Gasteiger partial charge on any atom is 0.120 e. The molecule has 3 heterocycles. The lowest BCUT2D eigenvalue weighted by atomic mass is 10.1. The molecule has 0 unspecified atom stereocenters. The van der Waals surface area contributed by atoms with Crippen molar-refractivity contribution < 1.29 is 9.47 Å². The van der Waals surface area contributed by atoms with Crippen LogP contribution in [0.25, 0.3) is 0 Å². The monoisotopic (exact) mass is 415 g/mol. The fourth-order valence-corrected chi connectivity index (χ4v) is 3.63. The average Bonchev–Trinajstić information content (AvgIpc) is 3.38. The van der Waals surface area contributed by atoms with Gasteiger partial charge in [-0.3, -0.25) is 14.7 Å². The van der Waals surface area contributed by atoms with Crippen molar-refractivity contribution in [2.24, 2.45) is 0 Å². The summed E-state index contributed by atoms with van der Waals surface area (Å²) in [6.07, 6.45) is 4.77. The van der Waals surface area contributed by atoms with Gasteiger partial charge in [0.2, 0.25) is 0 Å². The lowest BCUT2D eigenvalue weighted by molar-refractivity contribution is -0.0350. The summed E-state index contributed by atoms with van der Waals surface area (Å²) in [6.45, 7) is 6.86. The first-order valence-electron chi connectivity index (χ1n) is 9.97. The van der Waals surface area contributed by atoms with E-state index < -0.39 is 0 Å². The third-order valence-electron chi connectivity index (χ3n) is 4.98. The molecule has 0 amide bonds. The summed E-state index contributed by atoms with van der Waals surface area (Å²) in [6, 6.07) is 9.50. The van der Waals surface area contributed by atoms with E-state index in [4.69, 9.17) is 21.1 Å². The van der Waals surface area contributed by atoms with Gasteiger partial charge in [-0.2, -0.15) is 10.2 Å². The van der Waals surface area contributed by atoms with Gasteiger partial charge in [-0.05, 0) is 31.2 Å². The molecule has 1 N–H and O–H groups in total. The number of hydrogen-bond donors (Lipinski definition) is 1. The molecule has 154 valence electrons. The molecule has 0 aliphatic carbocycles. The Morgan fingerprint density at radius 1 is 1.34 bits per heavy atom. The molecule has 29 heavy (non-hydrogen) atoms. The quantitative estimate of drug-likeness (QED) is 0.610. The van der Waals surface area contributed by atoms with Gasteiger partial charge in [0.05, 0.1) is 25.1 Å². The van der Waals surface area contributed by atoms with Crippen LogP contribution in [-0.2, 0) is 24.2 Å². The number of nitrogens with zero attached hydrogens (tertiary/aromatic N) is 4. The number of hydrogen-bond acceptors (Lipinski definition) is 5. The highest BCUT2D eigenvalue weighted by Gasteiger charge is 2.24. The van der Waals surface area contributed by atoms with Crippen LogP contribution in [0.4, 0.5) is 0 Å². The first-order valence-corrected chi connectivity index (χ1v) is 10.3. The van der Waals surface area contributed by atoms with Gasteiger partial charge >= 0.3 is 0 Å². The van der Waals surface area contributed by atoms with E-state index in [9.17, 15) is 0 Å². The third-order valence-corrected chi connectivity index (χ3v) is 5.22.